The average Bonchev–Trinajstić information content (AvgIpc) is 0.951. The molecule has 8 aliphatic rings. The van der Waals surface area contributed by atoms with Crippen molar-refractivity contribution in [2.24, 2.45) is 0 Å². The van der Waals surface area contributed by atoms with E-state index in [9.17, 15) is 135 Å². The minimum Gasteiger partial charge on any atom is -0.492 e. The van der Waals surface area contributed by atoms with E-state index in [0.717, 1.165) is 97.0 Å². The van der Waals surface area contributed by atoms with Gasteiger partial charge < -0.3 is 35.0 Å². The van der Waals surface area contributed by atoms with Crippen molar-refractivity contribution in [1.82, 2.24) is 39.2 Å². The quantitative estimate of drug-likeness (QED) is 0.0874. The Hall–Kier alpha value is -8.75. The number of hydrogen-bond donors (Lipinski definition) is 5. The fourth-order valence-electron chi connectivity index (χ4n) is 18.5. The van der Waals surface area contributed by atoms with E-state index in [1.165, 1.54) is 54.6 Å². The second-order valence-corrected chi connectivity index (χ2v) is 40.9. The maximum absolute atomic E-state index is 13.9. The van der Waals surface area contributed by atoms with E-state index in [0.29, 0.717) is 182 Å². The summed E-state index contributed by atoms with van der Waals surface area (Å²) in [6.07, 6.45) is -38.2. The minimum absolute atomic E-state index is 0.117. The molecule has 0 aromatic heterocycles. The monoisotopic (exact) mass is 2120 g/mol. The smallest absolute Gasteiger partial charge is 0.416 e. The van der Waals surface area contributed by atoms with Crippen molar-refractivity contribution >= 4 is 0 Å². The molecule has 7 atom stereocenters. The third kappa shape index (κ3) is 32.7. The molecule has 0 bridgehead atoms. The number of β-amino-alcohol motifs (C(OH)–C–C–N with tert-alkyl or cyclic N) is 5. The summed E-state index contributed by atoms with van der Waals surface area (Å²) in [7, 11) is 1.59. The van der Waals surface area contributed by atoms with Crippen molar-refractivity contribution in [2.75, 3.05) is 66.1 Å². The number of methoxy groups -OCH3 is 1. The van der Waals surface area contributed by atoms with Gasteiger partial charge in [-0.2, -0.15) is 105 Å². The lowest BCUT2D eigenvalue weighted by Crippen LogP contribution is -2.46. The summed E-state index contributed by atoms with van der Waals surface area (Å²) >= 11 is 0. The Balaban J connectivity index is 0.000000187. The number of hydrogen-bond acceptors (Lipinski definition) is 15. The fourth-order valence-corrected chi connectivity index (χ4v) is 18.5. The highest BCUT2D eigenvalue weighted by atomic mass is 19.4. The van der Waals surface area contributed by atoms with E-state index in [-0.39, 0.29) is 61.0 Å². The van der Waals surface area contributed by atoms with Crippen LogP contribution in [0, 0.1) is 0 Å². The summed E-state index contributed by atoms with van der Waals surface area (Å²) in [6, 6.07) is 30.4. The molecule has 0 saturated carbocycles. The first kappa shape index (κ1) is 122. The Morgan fingerprint density at radius 1 is 0.279 bits per heavy atom. The highest BCUT2D eigenvalue weighted by Gasteiger charge is 2.45. The molecule has 0 fully saturated rings. The normalized spacial score (nSPS) is 21.5. The lowest BCUT2D eigenvalue weighted by molar-refractivity contribution is -0.138. The Morgan fingerprint density at radius 2 is 0.497 bits per heavy atom. The van der Waals surface area contributed by atoms with Crippen LogP contribution in [0.15, 0.2) is 146 Å². The number of aliphatic hydroxyl groups is 5. The first-order chi connectivity index (χ1) is 67.6. The van der Waals surface area contributed by atoms with Crippen LogP contribution in [0.2, 0.25) is 0 Å². The van der Waals surface area contributed by atoms with E-state index in [2.05, 4.69) is 9.80 Å². The van der Waals surface area contributed by atoms with Crippen molar-refractivity contribution in [1.29, 1.82) is 0 Å². The van der Waals surface area contributed by atoms with Gasteiger partial charge in [-0.05, 0) is 306 Å². The van der Waals surface area contributed by atoms with Gasteiger partial charge in [-0.3, -0.25) is 39.2 Å². The highest BCUT2D eigenvalue weighted by Crippen LogP contribution is 2.46. The predicted octanol–water partition coefficient (Wildman–Crippen LogP) is 26.0. The first-order valence-corrected chi connectivity index (χ1v) is 48.4. The Labute approximate surface area is 842 Å². The predicted molar refractivity (Wildman–Crippen MR) is 509 cm³/mol. The van der Waals surface area contributed by atoms with Crippen LogP contribution in [-0.4, -0.2) is 179 Å². The van der Waals surface area contributed by atoms with Crippen LogP contribution in [0.5, 0.6) is 5.75 Å². The number of aliphatic hydroxyl groups excluding tert-OH is 3. The molecule has 8 heterocycles. The largest absolute Gasteiger partial charge is 0.492 e. The molecule has 0 aliphatic carbocycles. The van der Waals surface area contributed by atoms with E-state index >= 15 is 0 Å². The zero-order valence-corrected chi connectivity index (χ0v) is 85.5. The van der Waals surface area contributed by atoms with Crippen LogP contribution in [0.3, 0.4) is 0 Å². The summed E-state index contributed by atoms with van der Waals surface area (Å²) in [5.41, 5.74) is 1.44. The summed E-state index contributed by atoms with van der Waals surface area (Å²) in [5, 5.41) is 50.7. The first-order valence-electron chi connectivity index (χ1n) is 48.4. The third-order valence-corrected chi connectivity index (χ3v) is 27.3. The van der Waals surface area contributed by atoms with Crippen molar-refractivity contribution < 1.29 is 145 Å². The van der Waals surface area contributed by atoms with Gasteiger partial charge in [-0.15, -0.1) is 0 Å². The fraction of sp³-hybridized carbons (Fsp3) is 0.551. The molecule has 8 aromatic carbocycles. The maximum Gasteiger partial charge on any atom is 0.416 e. The number of benzene rings is 8. The second kappa shape index (κ2) is 48.5. The molecule has 0 radical (unpaired) electrons. The van der Waals surface area contributed by atoms with Crippen LogP contribution in [0.25, 0.3) is 0 Å². The van der Waals surface area contributed by atoms with Crippen LogP contribution in [0.4, 0.5) is 110 Å². The Kier molecular flexibility index (Phi) is 40.2. The molecule has 16 rings (SSSR count). The van der Waals surface area contributed by atoms with Gasteiger partial charge >= 0.3 is 49.4 Å². The summed E-state index contributed by atoms with van der Waals surface area (Å²) in [6.45, 7) is 43.0. The van der Waals surface area contributed by atoms with Crippen LogP contribution >= 0.6 is 0 Å². The van der Waals surface area contributed by atoms with Crippen molar-refractivity contribution in [2.45, 2.75) is 317 Å². The minimum atomic E-state index is -4.37. The summed E-state index contributed by atoms with van der Waals surface area (Å²) in [4.78, 5) is 15.9. The molecular formula is C107H133F25N8O7. The average molecular weight is 2120 g/mol. The number of fused-ring (bicyclic) bond motifs is 8. The van der Waals surface area contributed by atoms with E-state index < -0.39 is 130 Å². The molecule has 0 saturated heterocycles. The SMILES string of the molecule is CC(C)N1CCOc2ccc(C(F)(F)F)cc2C1.CC(C)N1Cc2cc(C(F)(F)F)ccc2C(F)C1.CC(C)N1Cc2cc(C(F)(F)F)ccc2C(O)C1.CC(C)N1Cc2cc(C(F)(F)F)ccc2[C@@H](O)C1.CC(C)N1Cc2cc(C(F)(F)F)ccc2[C@@](C)(O)C1.CC(C)N1Cc2cc(C(F)(F)F)ccc2[C@H](O)C1.CC(C)N1Cc2cc(C(F)(F)F)ccc2[C@](C)(O)C1.COC1CN(C(C)C)Cc2cc(C(F)(F)F)ccc21. The second-order valence-electron chi connectivity index (χ2n) is 40.9. The topological polar surface area (TPSA) is 146 Å². The van der Waals surface area contributed by atoms with Gasteiger partial charge in [0, 0.05) is 166 Å². The molecule has 147 heavy (non-hydrogen) atoms. The molecule has 0 amide bonds. The molecule has 5 N–H and O–H groups in total. The molecule has 818 valence electrons. The summed E-state index contributed by atoms with van der Waals surface area (Å²) in [5.74, 6) is 0.561. The molecule has 3 unspecified atom stereocenters. The summed E-state index contributed by atoms with van der Waals surface area (Å²) < 4.78 is 329. The van der Waals surface area contributed by atoms with Crippen LogP contribution in [0.1, 0.15) is 283 Å². The lowest BCUT2D eigenvalue weighted by Gasteiger charge is -2.41. The lowest BCUT2D eigenvalue weighted by atomic mass is 9.85. The Bertz CT molecular complexity index is 5220. The standard InChI is InChI=1S/3C14H18F3NO.C13H15F4N.4C13H16F3NO/c1-9(2)18-7-10-6-11(14(15,16)17)4-5-12(10)13(8-18)19-3;2*1-9(2)18-7-10-6-11(14(15,16)17)4-5-12(10)13(3,19)8-18;1-8(2)18-6-9-5-10(13(15,16)17)3-4-11(9)12(14)7-18;3*1-8(2)17-6-9-5-10(13(14,15)16)3-4-11(9)12(18)7-17;1-9(2)17-5-6-18-12-4-3-11(13(14,15)16)7-10(12)8-17/h4-6,9,13H,7-8H2,1-3H3;2*4-6,9,19H,7-8H2,1-3H3;3-5,8,12H,6-7H2,1-2H3;3*3-5,8,12,18H,6-7H2,1-2H3;3-4,7,9H,5-6,8H2,1-2H3/t;2*13-;;2*12-;;/m.10.10../s1. The van der Waals surface area contributed by atoms with Crippen molar-refractivity contribution in [3.63, 3.8) is 0 Å². The molecular weight excluding hydrogens is 1980 g/mol. The van der Waals surface area contributed by atoms with E-state index in [1.807, 2.05) is 140 Å². The highest BCUT2D eigenvalue weighted by molar-refractivity contribution is 5.45. The van der Waals surface area contributed by atoms with Gasteiger partial charge in [0.1, 0.15) is 18.5 Å². The zero-order chi connectivity index (χ0) is 110. The maximum atomic E-state index is 13.9. The zero-order valence-electron chi connectivity index (χ0n) is 85.5. The van der Waals surface area contributed by atoms with Gasteiger partial charge in [0.05, 0.1) is 80.1 Å². The van der Waals surface area contributed by atoms with Gasteiger partial charge in [-0.1, -0.05) is 42.5 Å². The van der Waals surface area contributed by atoms with Gasteiger partial charge in [0.15, 0.2) is 0 Å². The van der Waals surface area contributed by atoms with Gasteiger partial charge in [0.25, 0.3) is 0 Å². The van der Waals surface area contributed by atoms with Crippen molar-refractivity contribution in [3.8, 4) is 5.75 Å². The molecule has 8 aliphatic heterocycles. The Morgan fingerprint density at radius 3 is 0.776 bits per heavy atom. The van der Waals surface area contributed by atoms with Crippen LogP contribution < -0.4 is 4.74 Å². The van der Waals surface area contributed by atoms with Gasteiger partial charge in [0.2, 0.25) is 0 Å². The molecule has 40 heteroatoms. The number of alkyl halides is 25. The molecule has 0 spiro atoms. The number of nitrogens with zero attached hydrogens (tertiary/aromatic N) is 8. The molecule has 15 nitrogen and oxygen atoms in total. The number of rotatable bonds is 9. The molecule has 8 aromatic rings. The van der Waals surface area contributed by atoms with E-state index in [4.69, 9.17) is 9.47 Å². The number of halogens is 25. The van der Waals surface area contributed by atoms with E-state index in [1.54, 1.807) is 27.0 Å². The van der Waals surface area contributed by atoms with Gasteiger partial charge in [-0.25, -0.2) is 4.39 Å². The number of ether oxygens (including phenoxy) is 2. The third-order valence-electron chi connectivity index (χ3n) is 27.3. The van der Waals surface area contributed by atoms with Crippen molar-refractivity contribution in [3.05, 3.63) is 274 Å². The van der Waals surface area contributed by atoms with Crippen LogP contribution in [-0.2, 0) is 118 Å².